The SMILES string of the molecule is CC1(C)C2=C(C=CC(I)C2)c2c1ccc1c2sc2ccccc21. The lowest BCUT2D eigenvalue weighted by Gasteiger charge is -2.27. The first-order valence-corrected chi connectivity index (χ1v) is 10.1. The first-order valence-electron chi connectivity index (χ1n) is 8.08. The van der Waals surface area contributed by atoms with Gasteiger partial charge in [0.2, 0.25) is 0 Å². The van der Waals surface area contributed by atoms with Gasteiger partial charge >= 0.3 is 0 Å². The third kappa shape index (κ3) is 1.82. The number of hydrogen-bond donors (Lipinski definition) is 0. The Balaban J connectivity index is 1.92. The van der Waals surface area contributed by atoms with E-state index in [0.29, 0.717) is 3.92 Å². The summed E-state index contributed by atoms with van der Waals surface area (Å²) < 4.78 is 3.49. The Kier molecular flexibility index (Phi) is 2.91. The van der Waals surface area contributed by atoms with Crippen LogP contribution in [0.1, 0.15) is 31.4 Å². The molecule has 1 aromatic heterocycles. The third-order valence-corrected chi connectivity index (χ3v) is 7.50. The molecule has 23 heavy (non-hydrogen) atoms. The molecule has 0 aliphatic heterocycles. The molecule has 5 rings (SSSR count). The number of benzene rings is 2. The molecule has 0 saturated carbocycles. The minimum atomic E-state index is 0.156. The van der Waals surface area contributed by atoms with Crippen molar-refractivity contribution in [1.29, 1.82) is 0 Å². The maximum atomic E-state index is 2.56. The van der Waals surface area contributed by atoms with Crippen LogP contribution in [-0.2, 0) is 5.41 Å². The monoisotopic (exact) mass is 428 g/mol. The molecule has 0 saturated heterocycles. The van der Waals surface area contributed by atoms with Crippen molar-refractivity contribution in [2.24, 2.45) is 0 Å². The van der Waals surface area contributed by atoms with E-state index in [1.165, 1.54) is 43.3 Å². The van der Waals surface area contributed by atoms with E-state index in [2.05, 4.69) is 85.0 Å². The minimum Gasteiger partial charge on any atom is -0.135 e. The van der Waals surface area contributed by atoms with Gasteiger partial charge in [0.25, 0.3) is 0 Å². The summed E-state index contributed by atoms with van der Waals surface area (Å²) in [6, 6.07) is 13.5. The van der Waals surface area contributed by atoms with Gasteiger partial charge in [-0.05, 0) is 23.6 Å². The van der Waals surface area contributed by atoms with E-state index in [1.807, 2.05) is 11.3 Å². The summed E-state index contributed by atoms with van der Waals surface area (Å²) in [4.78, 5) is 0. The zero-order valence-corrected chi connectivity index (χ0v) is 16.2. The van der Waals surface area contributed by atoms with Crippen molar-refractivity contribution in [2.75, 3.05) is 0 Å². The molecule has 2 aliphatic carbocycles. The molecule has 0 N–H and O–H groups in total. The summed E-state index contributed by atoms with van der Waals surface area (Å²) in [5.74, 6) is 0. The molecule has 0 amide bonds. The van der Waals surface area contributed by atoms with E-state index in [9.17, 15) is 0 Å². The molecular weight excluding hydrogens is 411 g/mol. The molecule has 3 aromatic rings. The second-order valence-electron chi connectivity index (χ2n) is 7.06. The highest BCUT2D eigenvalue weighted by Gasteiger charge is 2.39. The Hall–Kier alpha value is -1.13. The van der Waals surface area contributed by atoms with Crippen LogP contribution in [0.15, 0.2) is 54.1 Å². The topological polar surface area (TPSA) is 0 Å². The summed E-state index contributed by atoms with van der Waals surface area (Å²) in [7, 11) is 0. The van der Waals surface area contributed by atoms with Crippen molar-refractivity contribution in [3.05, 3.63) is 65.3 Å². The van der Waals surface area contributed by atoms with Gasteiger partial charge in [0.05, 0.1) is 0 Å². The Morgan fingerprint density at radius 1 is 1.09 bits per heavy atom. The smallest absolute Gasteiger partial charge is 0.0436 e. The third-order valence-electron chi connectivity index (χ3n) is 5.44. The van der Waals surface area contributed by atoms with Crippen LogP contribution in [0, 0.1) is 0 Å². The van der Waals surface area contributed by atoms with Gasteiger partial charge in [0.15, 0.2) is 0 Å². The Morgan fingerprint density at radius 2 is 1.91 bits per heavy atom. The normalized spacial score (nSPS) is 22.0. The summed E-state index contributed by atoms with van der Waals surface area (Å²) >= 11 is 4.51. The number of fused-ring (bicyclic) bond motifs is 6. The molecule has 1 unspecified atom stereocenters. The fourth-order valence-electron chi connectivity index (χ4n) is 4.24. The zero-order valence-electron chi connectivity index (χ0n) is 13.2. The molecule has 0 bridgehead atoms. The molecule has 114 valence electrons. The molecule has 0 nitrogen and oxygen atoms in total. The highest BCUT2D eigenvalue weighted by molar-refractivity contribution is 14.1. The molecule has 2 heteroatoms. The molecule has 1 heterocycles. The molecule has 0 spiro atoms. The van der Waals surface area contributed by atoms with Gasteiger partial charge in [-0.1, -0.05) is 84.5 Å². The fraction of sp³-hybridized carbons (Fsp3) is 0.238. The lowest BCUT2D eigenvalue weighted by Crippen LogP contribution is -2.19. The van der Waals surface area contributed by atoms with E-state index in [1.54, 1.807) is 5.57 Å². The summed E-state index contributed by atoms with van der Waals surface area (Å²) in [6.45, 7) is 4.80. The lowest BCUT2D eigenvalue weighted by molar-refractivity contribution is 0.612. The van der Waals surface area contributed by atoms with Gasteiger partial charge in [-0.3, -0.25) is 0 Å². The highest BCUT2D eigenvalue weighted by Crippen LogP contribution is 2.54. The van der Waals surface area contributed by atoms with Crippen LogP contribution in [-0.4, -0.2) is 3.92 Å². The first-order chi connectivity index (χ1) is 11.1. The van der Waals surface area contributed by atoms with Crippen LogP contribution < -0.4 is 0 Å². The van der Waals surface area contributed by atoms with Crippen LogP contribution in [0.5, 0.6) is 0 Å². The number of halogens is 1. The number of allylic oxidation sites excluding steroid dienone is 4. The van der Waals surface area contributed by atoms with Crippen LogP contribution in [0.3, 0.4) is 0 Å². The zero-order chi connectivity index (χ0) is 15.8. The van der Waals surface area contributed by atoms with E-state index < -0.39 is 0 Å². The Labute approximate surface area is 154 Å². The van der Waals surface area contributed by atoms with Crippen molar-refractivity contribution in [2.45, 2.75) is 29.6 Å². The molecule has 1 atom stereocenters. The number of alkyl halides is 1. The van der Waals surface area contributed by atoms with Crippen molar-refractivity contribution < 1.29 is 0 Å². The Morgan fingerprint density at radius 3 is 2.78 bits per heavy atom. The predicted octanol–water partition coefficient (Wildman–Crippen LogP) is 6.86. The number of hydrogen-bond acceptors (Lipinski definition) is 1. The van der Waals surface area contributed by atoms with Crippen LogP contribution in [0.2, 0.25) is 0 Å². The molecule has 2 aliphatic rings. The van der Waals surface area contributed by atoms with Gasteiger partial charge in [0.1, 0.15) is 0 Å². The van der Waals surface area contributed by atoms with E-state index in [-0.39, 0.29) is 5.41 Å². The minimum absolute atomic E-state index is 0.156. The maximum Gasteiger partial charge on any atom is 0.0436 e. The van der Waals surface area contributed by atoms with Gasteiger partial charge in [-0.2, -0.15) is 0 Å². The molecule has 0 radical (unpaired) electrons. The average molecular weight is 428 g/mol. The summed E-state index contributed by atoms with van der Waals surface area (Å²) in [5, 5.41) is 2.81. The number of thiophene rings is 1. The van der Waals surface area contributed by atoms with E-state index >= 15 is 0 Å². The second kappa shape index (κ2) is 4.70. The lowest BCUT2D eigenvalue weighted by atomic mass is 9.78. The van der Waals surface area contributed by atoms with E-state index in [4.69, 9.17) is 0 Å². The average Bonchev–Trinajstić information content (AvgIpc) is 3.02. The second-order valence-corrected chi connectivity index (χ2v) is 9.71. The first kappa shape index (κ1) is 14.2. The van der Waals surface area contributed by atoms with Crippen molar-refractivity contribution in [3.63, 3.8) is 0 Å². The van der Waals surface area contributed by atoms with Gasteiger partial charge in [-0.25, -0.2) is 0 Å². The Bertz CT molecular complexity index is 1030. The maximum absolute atomic E-state index is 2.56. The van der Waals surface area contributed by atoms with Gasteiger partial charge in [-0.15, -0.1) is 11.3 Å². The van der Waals surface area contributed by atoms with Crippen LogP contribution >= 0.6 is 33.9 Å². The molecular formula is C21H17IS. The van der Waals surface area contributed by atoms with Crippen molar-refractivity contribution >= 4 is 59.7 Å². The predicted molar refractivity (Wildman–Crippen MR) is 111 cm³/mol. The van der Waals surface area contributed by atoms with Gasteiger partial charge < -0.3 is 0 Å². The highest BCUT2D eigenvalue weighted by atomic mass is 127. The van der Waals surface area contributed by atoms with Crippen LogP contribution in [0.4, 0.5) is 0 Å². The fourth-order valence-corrected chi connectivity index (χ4v) is 6.15. The summed E-state index contributed by atoms with van der Waals surface area (Å²) in [5.41, 5.74) is 6.29. The quantitative estimate of drug-likeness (QED) is 0.271. The number of rotatable bonds is 0. The molecule has 2 aromatic carbocycles. The molecule has 0 fully saturated rings. The standard InChI is InChI=1S/C21H17IS/c1-21(2)16-10-9-14-13-5-3-4-6-18(13)23-20(14)19(16)15-8-7-12(22)11-17(15)21/h3-10,12H,11H2,1-2H3. The largest absolute Gasteiger partial charge is 0.135 e. The van der Waals surface area contributed by atoms with Crippen molar-refractivity contribution in [3.8, 4) is 0 Å². The summed E-state index contributed by atoms with van der Waals surface area (Å²) in [6.07, 6.45) is 5.94. The van der Waals surface area contributed by atoms with E-state index in [0.717, 1.165) is 0 Å². The van der Waals surface area contributed by atoms with Crippen LogP contribution in [0.25, 0.3) is 25.7 Å². The van der Waals surface area contributed by atoms with Gasteiger partial charge in [0, 0.05) is 35.1 Å². The van der Waals surface area contributed by atoms with Crippen molar-refractivity contribution in [1.82, 2.24) is 0 Å².